The summed E-state index contributed by atoms with van der Waals surface area (Å²) < 4.78 is 39.0. The largest absolute Gasteiger partial charge is 0.389 e. The molecular formula is C11H18BrF3N4. The second-order valence-electron chi connectivity index (χ2n) is 4.66. The maximum absolute atomic E-state index is 12.2. The molecule has 0 aromatic carbocycles. The average Bonchev–Trinajstić information content (AvgIpc) is 2.64. The molecular weight excluding hydrogens is 325 g/mol. The first-order chi connectivity index (χ1) is 8.70. The molecule has 19 heavy (non-hydrogen) atoms. The van der Waals surface area contributed by atoms with Crippen molar-refractivity contribution in [1.29, 1.82) is 0 Å². The normalized spacial score (nSPS) is 14.1. The number of aromatic nitrogens is 2. The van der Waals surface area contributed by atoms with Crippen molar-refractivity contribution in [3.63, 3.8) is 0 Å². The average molecular weight is 343 g/mol. The van der Waals surface area contributed by atoms with Crippen molar-refractivity contribution in [1.82, 2.24) is 14.7 Å². The second kappa shape index (κ2) is 6.71. The van der Waals surface area contributed by atoms with Crippen LogP contribution in [0, 0.1) is 0 Å². The van der Waals surface area contributed by atoms with Gasteiger partial charge in [0.05, 0.1) is 22.9 Å². The highest BCUT2D eigenvalue weighted by atomic mass is 79.9. The number of hydrogen-bond acceptors (Lipinski definition) is 3. The Labute approximate surface area is 118 Å². The number of hydrogen-bond donors (Lipinski definition) is 1. The molecule has 2 N–H and O–H groups in total. The fraction of sp³-hybridized carbons (Fsp3) is 0.727. The Morgan fingerprint density at radius 2 is 2.11 bits per heavy atom. The van der Waals surface area contributed by atoms with Gasteiger partial charge in [-0.2, -0.15) is 18.3 Å². The minimum Gasteiger partial charge on any atom is -0.323 e. The van der Waals surface area contributed by atoms with Crippen LogP contribution in [0.5, 0.6) is 0 Å². The van der Waals surface area contributed by atoms with E-state index in [4.69, 9.17) is 5.73 Å². The van der Waals surface area contributed by atoms with E-state index < -0.39 is 18.6 Å². The third-order valence-corrected chi connectivity index (χ3v) is 3.29. The fourth-order valence-electron chi connectivity index (χ4n) is 1.67. The summed E-state index contributed by atoms with van der Waals surface area (Å²) in [6.07, 6.45) is -3.65. The number of alkyl halides is 3. The van der Waals surface area contributed by atoms with Gasteiger partial charge in [0.1, 0.15) is 0 Å². The highest BCUT2D eigenvalue weighted by molar-refractivity contribution is 9.10. The summed E-state index contributed by atoms with van der Waals surface area (Å²) in [6, 6.07) is -0.680. The summed E-state index contributed by atoms with van der Waals surface area (Å²) >= 11 is 3.29. The molecule has 0 spiro atoms. The van der Waals surface area contributed by atoms with Gasteiger partial charge in [-0.05, 0) is 36.4 Å². The molecule has 1 heterocycles. The molecule has 1 aromatic heterocycles. The summed E-state index contributed by atoms with van der Waals surface area (Å²) in [7, 11) is 3.84. The monoisotopic (exact) mass is 342 g/mol. The predicted molar refractivity (Wildman–Crippen MR) is 70.7 cm³/mol. The van der Waals surface area contributed by atoms with Crippen LogP contribution in [0.15, 0.2) is 10.7 Å². The van der Waals surface area contributed by atoms with E-state index in [1.165, 1.54) is 0 Å². The third-order valence-electron chi connectivity index (χ3n) is 2.68. The van der Waals surface area contributed by atoms with Gasteiger partial charge in [-0.3, -0.25) is 4.68 Å². The molecule has 1 aromatic rings. The molecule has 4 nitrogen and oxygen atoms in total. The molecule has 0 aliphatic heterocycles. The number of rotatable bonds is 6. The van der Waals surface area contributed by atoms with Crippen molar-refractivity contribution in [2.24, 2.45) is 5.73 Å². The van der Waals surface area contributed by atoms with E-state index in [0.717, 1.165) is 6.54 Å². The van der Waals surface area contributed by atoms with Gasteiger partial charge >= 0.3 is 6.18 Å². The van der Waals surface area contributed by atoms with E-state index in [-0.39, 0.29) is 6.42 Å². The molecule has 0 radical (unpaired) electrons. The van der Waals surface area contributed by atoms with Crippen molar-refractivity contribution in [2.45, 2.75) is 31.6 Å². The van der Waals surface area contributed by atoms with E-state index in [1.54, 1.807) is 10.9 Å². The molecule has 0 fully saturated rings. The van der Waals surface area contributed by atoms with E-state index in [2.05, 4.69) is 21.0 Å². The topological polar surface area (TPSA) is 47.1 Å². The summed E-state index contributed by atoms with van der Waals surface area (Å²) in [4.78, 5) is 1.97. The summed E-state index contributed by atoms with van der Waals surface area (Å²) in [5.74, 6) is 0. The molecule has 1 rings (SSSR count). The van der Waals surface area contributed by atoms with Crippen molar-refractivity contribution < 1.29 is 13.2 Å². The van der Waals surface area contributed by atoms with Gasteiger partial charge in [0.25, 0.3) is 0 Å². The molecule has 8 heteroatoms. The standard InChI is InChI=1S/C11H18BrF3N4/c1-18(2)5-6-19-10(8(12)7-17-19)9(16)3-4-11(13,14)15/h7,9H,3-6,16H2,1-2H3. The van der Waals surface area contributed by atoms with Gasteiger partial charge in [0.2, 0.25) is 0 Å². The lowest BCUT2D eigenvalue weighted by molar-refractivity contribution is -0.136. The third kappa shape index (κ3) is 5.50. The molecule has 0 aliphatic carbocycles. The Morgan fingerprint density at radius 1 is 1.47 bits per heavy atom. The SMILES string of the molecule is CN(C)CCn1ncc(Br)c1C(N)CCC(F)(F)F. The van der Waals surface area contributed by atoms with Crippen LogP contribution in [0.3, 0.4) is 0 Å². The van der Waals surface area contributed by atoms with E-state index in [1.807, 2.05) is 19.0 Å². The van der Waals surface area contributed by atoms with Crippen LogP contribution in [0.4, 0.5) is 13.2 Å². The molecule has 110 valence electrons. The van der Waals surface area contributed by atoms with Crippen LogP contribution in [-0.4, -0.2) is 41.5 Å². The number of nitrogens with two attached hydrogens (primary N) is 1. The first-order valence-corrected chi connectivity index (χ1v) is 6.68. The first-order valence-electron chi connectivity index (χ1n) is 5.89. The molecule has 0 saturated heterocycles. The zero-order valence-corrected chi connectivity index (χ0v) is 12.5. The van der Waals surface area contributed by atoms with Crippen LogP contribution < -0.4 is 5.73 Å². The quantitative estimate of drug-likeness (QED) is 0.864. The Kier molecular flexibility index (Phi) is 5.82. The van der Waals surface area contributed by atoms with Gasteiger partial charge in [-0.1, -0.05) is 0 Å². The van der Waals surface area contributed by atoms with Crippen LogP contribution >= 0.6 is 15.9 Å². The van der Waals surface area contributed by atoms with Gasteiger partial charge in [0.15, 0.2) is 0 Å². The highest BCUT2D eigenvalue weighted by Crippen LogP contribution is 2.29. The van der Waals surface area contributed by atoms with Crippen molar-refractivity contribution in [2.75, 3.05) is 20.6 Å². The number of likely N-dealkylation sites (N-methyl/N-ethyl adjacent to an activating group) is 1. The van der Waals surface area contributed by atoms with E-state index in [0.29, 0.717) is 16.7 Å². The Balaban J connectivity index is 2.72. The fourth-order valence-corrected chi connectivity index (χ4v) is 2.26. The summed E-state index contributed by atoms with van der Waals surface area (Å²) in [5.41, 5.74) is 6.47. The first kappa shape index (κ1) is 16.5. The maximum Gasteiger partial charge on any atom is 0.389 e. The molecule has 0 amide bonds. The minimum atomic E-state index is -4.18. The van der Waals surface area contributed by atoms with Gasteiger partial charge in [-0.25, -0.2) is 0 Å². The smallest absolute Gasteiger partial charge is 0.323 e. The van der Waals surface area contributed by atoms with Crippen molar-refractivity contribution in [3.05, 3.63) is 16.4 Å². The van der Waals surface area contributed by atoms with Gasteiger partial charge in [-0.15, -0.1) is 0 Å². The van der Waals surface area contributed by atoms with Crippen LogP contribution in [0.25, 0.3) is 0 Å². The lowest BCUT2D eigenvalue weighted by atomic mass is 10.1. The minimum absolute atomic E-state index is 0.143. The molecule has 0 saturated carbocycles. The van der Waals surface area contributed by atoms with E-state index >= 15 is 0 Å². The molecule has 1 unspecified atom stereocenters. The maximum atomic E-state index is 12.2. The Morgan fingerprint density at radius 3 is 2.63 bits per heavy atom. The zero-order chi connectivity index (χ0) is 14.6. The van der Waals surface area contributed by atoms with Crippen molar-refractivity contribution in [3.8, 4) is 0 Å². The lowest BCUT2D eigenvalue weighted by Gasteiger charge is -2.17. The van der Waals surface area contributed by atoms with Crippen molar-refractivity contribution >= 4 is 15.9 Å². The van der Waals surface area contributed by atoms with E-state index in [9.17, 15) is 13.2 Å². The van der Waals surface area contributed by atoms with Gasteiger partial charge in [0, 0.05) is 19.0 Å². The zero-order valence-electron chi connectivity index (χ0n) is 10.9. The Bertz CT molecular complexity index is 403. The predicted octanol–water partition coefficient (Wildman–Crippen LogP) is 2.55. The molecule has 0 bridgehead atoms. The van der Waals surface area contributed by atoms with Gasteiger partial charge < -0.3 is 10.6 Å². The lowest BCUT2D eigenvalue weighted by Crippen LogP contribution is -2.24. The second-order valence-corrected chi connectivity index (χ2v) is 5.52. The van der Waals surface area contributed by atoms with Crippen LogP contribution in [0.2, 0.25) is 0 Å². The number of halogens is 4. The summed E-state index contributed by atoms with van der Waals surface area (Å²) in [5, 5.41) is 4.14. The highest BCUT2D eigenvalue weighted by Gasteiger charge is 2.29. The molecule has 0 aliphatic rings. The Hall–Kier alpha value is -0.600. The molecule has 1 atom stereocenters. The van der Waals surface area contributed by atoms with Crippen LogP contribution in [-0.2, 0) is 6.54 Å². The van der Waals surface area contributed by atoms with Crippen LogP contribution in [0.1, 0.15) is 24.6 Å². The number of nitrogens with zero attached hydrogens (tertiary/aromatic N) is 3. The summed E-state index contributed by atoms with van der Waals surface area (Å²) in [6.45, 7) is 1.33.